The zero-order valence-corrected chi connectivity index (χ0v) is 15.2. The van der Waals surface area contributed by atoms with Gasteiger partial charge in [0.15, 0.2) is 0 Å². The van der Waals surface area contributed by atoms with Gasteiger partial charge in [-0.15, -0.1) is 0 Å². The number of carbonyl (C=O) groups is 2. The molecule has 1 N–H and O–H groups in total. The van der Waals surface area contributed by atoms with Crippen LogP contribution in [0.25, 0.3) is 5.69 Å². The molecule has 1 aromatic heterocycles. The second kappa shape index (κ2) is 7.27. The van der Waals surface area contributed by atoms with Gasteiger partial charge in [-0.05, 0) is 43.0 Å². The summed E-state index contributed by atoms with van der Waals surface area (Å²) in [5, 5.41) is 7.20. The molecule has 0 spiro atoms. The largest absolute Gasteiger partial charge is 0.352 e. The highest BCUT2D eigenvalue weighted by molar-refractivity contribution is 5.97. The van der Waals surface area contributed by atoms with Gasteiger partial charge in [-0.25, -0.2) is 9.07 Å². The molecule has 0 saturated heterocycles. The highest BCUT2D eigenvalue weighted by atomic mass is 19.1. The minimum Gasteiger partial charge on any atom is -0.352 e. The summed E-state index contributed by atoms with van der Waals surface area (Å²) in [6, 6.07) is 6.22. The van der Waals surface area contributed by atoms with Gasteiger partial charge in [-0.1, -0.05) is 13.8 Å². The fraction of sp³-hybridized carbons (Fsp3) is 0.421. The first-order chi connectivity index (χ1) is 12.4. The second-order valence-electron chi connectivity index (χ2n) is 6.99. The quantitative estimate of drug-likeness (QED) is 0.863. The number of benzene rings is 1. The Morgan fingerprint density at radius 3 is 2.54 bits per heavy atom. The molecule has 7 heteroatoms. The maximum Gasteiger partial charge on any atom is 0.257 e. The minimum absolute atomic E-state index is 0.00853. The molecule has 3 rings (SSSR count). The summed E-state index contributed by atoms with van der Waals surface area (Å²) in [5.41, 5.74) is 1.87. The molecule has 0 unspecified atom stereocenters. The average Bonchev–Trinajstić information content (AvgIpc) is 3.28. The molecule has 2 aromatic rings. The Balaban J connectivity index is 1.83. The maximum atomic E-state index is 13.2. The van der Waals surface area contributed by atoms with Gasteiger partial charge in [-0.3, -0.25) is 9.59 Å². The summed E-state index contributed by atoms with van der Waals surface area (Å²) in [4.78, 5) is 26.2. The fourth-order valence-corrected chi connectivity index (χ4v) is 2.86. The van der Waals surface area contributed by atoms with Crippen molar-refractivity contribution in [3.05, 3.63) is 47.5 Å². The number of nitrogens with one attached hydrogen (secondary N) is 1. The Bertz CT molecular complexity index is 809. The number of nitrogens with zero attached hydrogens (tertiary/aromatic N) is 3. The molecule has 0 radical (unpaired) electrons. The van der Waals surface area contributed by atoms with E-state index < -0.39 is 0 Å². The van der Waals surface area contributed by atoms with E-state index in [1.54, 1.807) is 23.9 Å². The van der Waals surface area contributed by atoms with Gasteiger partial charge >= 0.3 is 0 Å². The number of carbonyl (C=O) groups excluding carboxylic acids is 2. The molecule has 138 valence electrons. The van der Waals surface area contributed by atoms with Crippen LogP contribution in [0.2, 0.25) is 0 Å². The topological polar surface area (TPSA) is 67.2 Å². The lowest BCUT2D eigenvalue weighted by molar-refractivity contribution is -0.121. The zero-order chi connectivity index (χ0) is 18.8. The first-order valence-electron chi connectivity index (χ1n) is 8.75. The van der Waals surface area contributed by atoms with Crippen molar-refractivity contribution in [2.75, 3.05) is 13.6 Å². The molecule has 0 atom stereocenters. The van der Waals surface area contributed by atoms with Gasteiger partial charge < -0.3 is 10.2 Å². The highest BCUT2D eigenvalue weighted by Crippen LogP contribution is 2.24. The lowest BCUT2D eigenvalue weighted by atomic mass is 10.0. The molecule has 2 amide bonds. The van der Waals surface area contributed by atoms with E-state index in [4.69, 9.17) is 0 Å². The number of amides is 2. The van der Waals surface area contributed by atoms with Gasteiger partial charge in [0.25, 0.3) is 5.91 Å². The molecule has 1 aliphatic rings. The van der Waals surface area contributed by atoms with Crippen molar-refractivity contribution in [1.29, 1.82) is 0 Å². The maximum absolute atomic E-state index is 13.2. The van der Waals surface area contributed by atoms with Gasteiger partial charge in [-0.2, -0.15) is 5.10 Å². The summed E-state index contributed by atoms with van der Waals surface area (Å²) >= 11 is 0. The summed E-state index contributed by atoms with van der Waals surface area (Å²) in [5.74, 6) is -0.715. The Labute approximate surface area is 152 Å². The number of hydrogen-bond donors (Lipinski definition) is 1. The molecule has 1 aromatic carbocycles. The van der Waals surface area contributed by atoms with Crippen LogP contribution in [0.4, 0.5) is 4.39 Å². The van der Waals surface area contributed by atoms with E-state index in [9.17, 15) is 14.0 Å². The van der Waals surface area contributed by atoms with Gasteiger partial charge in [0.1, 0.15) is 5.82 Å². The zero-order valence-electron chi connectivity index (χ0n) is 15.2. The van der Waals surface area contributed by atoms with Crippen molar-refractivity contribution < 1.29 is 14.0 Å². The van der Waals surface area contributed by atoms with Crippen molar-refractivity contribution in [2.45, 2.75) is 38.6 Å². The molecule has 26 heavy (non-hydrogen) atoms. The molecule has 0 bridgehead atoms. The van der Waals surface area contributed by atoms with E-state index >= 15 is 0 Å². The molecule has 1 saturated carbocycles. The molecule has 0 aliphatic heterocycles. The van der Waals surface area contributed by atoms with E-state index in [1.807, 2.05) is 13.8 Å². The van der Waals surface area contributed by atoms with Crippen LogP contribution in [-0.4, -0.2) is 46.1 Å². The fourth-order valence-electron chi connectivity index (χ4n) is 2.86. The normalized spacial score (nSPS) is 13.7. The second-order valence-corrected chi connectivity index (χ2v) is 6.99. The number of hydrogen-bond acceptors (Lipinski definition) is 3. The Hall–Kier alpha value is -2.70. The monoisotopic (exact) mass is 358 g/mol. The average molecular weight is 358 g/mol. The summed E-state index contributed by atoms with van der Waals surface area (Å²) in [7, 11) is 1.61. The predicted octanol–water partition coefficient (Wildman–Crippen LogP) is 2.49. The molecular formula is C19H23FN4O2. The lowest BCUT2D eigenvalue weighted by Gasteiger charge is -2.18. The first-order valence-corrected chi connectivity index (χ1v) is 8.75. The van der Waals surface area contributed by atoms with Crippen LogP contribution in [0.1, 0.15) is 48.7 Å². The van der Waals surface area contributed by atoms with E-state index in [-0.39, 0.29) is 36.1 Å². The van der Waals surface area contributed by atoms with Crippen molar-refractivity contribution in [1.82, 2.24) is 20.0 Å². The van der Waals surface area contributed by atoms with E-state index in [2.05, 4.69) is 10.4 Å². The smallest absolute Gasteiger partial charge is 0.257 e. The van der Waals surface area contributed by atoms with Crippen LogP contribution in [0.3, 0.4) is 0 Å². The third kappa shape index (κ3) is 3.92. The molecular weight excluding hydrogens is 335 g/mol. The Morgan fingerprint density at radius 2 is 1.96 bits per heavy atom. The van der Waals surface area contributed by atoms with Crippen LogP contribution in [-0.2, 0) is 4.79 Å². The summed E-state index contributed by atoms with van der Waals surface area (Å²) in [6.07, 6.45) is 3.52. The standard InChI is InChI=1S/C19H23FN4O2/c1-12(2)18-16(10-21-24(18)15-8-4-13(20)5-9-15)19(26)23(3)11-17(25)22-14-6-7-14/h4-5,8-10,12,14H,6-7,11H2,1-3H3,(H,22,25). The number of likely N-dealkylation sites (N-methyl/N-ethyl adjacent to an activating group) is 1. The van der Waals surface area contributed by atoms with E-state index in [1.165, 1.54) is 23.2 Å². The SMILES string of the molecule is CC(C)c1c(C(=O)N(C)CC(=O)NC2CC2)cnn1-c1ccc(F)cc1. The summed E-state index contributed by atoms with van der Waals surface area (Å²) in [6.45, 7) is 3.94. The van der Waals surface area contributed by atoms with Crippen molar-refractivity contribution in [3.63, 3.8) is 0 Å². The van der Waals surface area contributed by atoms with E-state index in [0.29, 0.717) is 11.3 Å². The van der Waals surface area contributed by atoms with Crippen LogP contribution >= 0.6 is 0 Å². The predicted molar refractivity (Wildman–Crippen MR) is 95.7 cm³/mol. The van der Waals surface area contributed by atoms with Gasteiger partial charge in [0, 0.05) is 13.1 Å². The summed E-state index contributed by atoms with van der Waals surface area (Å²) < 4.78 is 14.8. The third-order valence-electron chi connectivity index (χ3n) is 4.32. The molecule has 6 nitrogen and oxygen atoms in total. The van der Waals surface area contributed by atoms with Crippen LogP contribution < -0.4 is 5.32 Å². The molecule has 1 fully saturated rings. The minimum atomic E-state index is -0.329. The highest BCUT2D eigenvalue weighted by Gasteiger charge is 2.27. The number of rotatable bonds is 6. The van der Waals surface area contributed by atoms with Crippen molar-refractivity contribution in [2.24, 2.45) is 0 Å². The van der Waals surface area contributed by atoms with Gasteiger partial charge in [0.2, 0.25) is 5.91 Å². The van der Waals surface area contributed by atoms with Crippen molar-refractivity contribution in [3.8, 4) is 5.69 Å². The van der Waals surface area contributed by atoms with Gasteiger partial charge in [0.05, 0.1) is 29.7 Å². The lowest BCUT2D eigenvalue weighted by Crippen LogP contribution is -2.39. The Kier molecular flexibility index (Phi) is 5.06. The number of aromatic nitrogens is 2. The van der Waals surface area contributed by atoms with Crippen LogP contribution in [0.15, 0.2) is 30.5 Å². The van der Waals surface area contributed by atoms with Crippen LogP contribution in [0, 0.1) is 5.82 Å². The van der Waals surface area contributed by atoms with E-state index in [0.717, 1.165) is 18.5 Å². The Morgan fingerprint density at radius 1 is 1.31 bits per heavy atom. The third-order valence-corrected chi connectivity index (χ3v) is 4.32. The van der Waals surface area contributed by atoms with Crippen molar-refractivity contribution >= 4 is 11.8 Å². The first kappa shape index (κ1) is 18.1. The number of halogens is 1. The molecule has 1 aliphatic carbocycles. The van der Waals surface area contributed by atoms with Crippen LogP contribution in [0.5, 0.6) is 0 Å². The molecule has 1 heterocycles.